The first kappa shape index (κ1) is 23.6. The SMILES string of the molecule is CCN(c1c(C2CC2)c(C(=O)NCc2c(C)cc(C)[nH]c2=O)cc2c1cnn2C)C1CCOCC1. The van der Waals surface area contributed by atoms with Gasteiger partial charge in [0.25, 0.3) is 11.5 Å². The topological polar surface area (TPSA) is 92.3 Å². The van der Waals surface area contributed by atoms with Gasteiger partial charge in [0.2, 0.25) is 0 Å². The maximum absolute atomic E-state index is 13.7. The number of H-pyrrole nitrogens is 1. The van der Waals surface area contributed by atoms with E-state index in [4.69, 9.17) is 4.74 Å². The number of hydrogen-bond acceptors (Lipinski definition) is 5. The van der Waals surface area contributed by atoms with Gasteiger partial charge in [-0.3, -0.25) is 14.3 Å². The van der Waals surface area contributed by atoms with Crippen LogP contribution in [0.3, 0.4) is 0 Å². The molecule has 5 rings (SSSR count). The number of pyridine rings is 1. The molecular weight excluding hydrogens is 442 g/mol. The zero-order valence-electron chi connectivity index (χ0n) is 21.1. The molecule has 3 heterocycles. The minimum Gasteiger partial charge on any atom is -0.381 e. The molecule has 1 aliphatic heterocycles. The molecule has 186 valence electrons. The van der Waals surface area contributed by atoms with E-state index in [2.05, 4.69) is 27.2 Å². The first-order chi connectivity index (χ1) is 16.9. The van der Waals surface area contributed by atoms with Crippen molar-refractivity contribution in [2.45, 2.75) is 65.0 Å². The third kappa shape index (κ3) is 4.47. The Bertz CT molecular complexity index is 1310. The van der Waals surface area contributed by atoms with Crippen LogP contribution in [0, 0.1) is 13.8 Å². The molecule has 1 amide bonds. The molecule has 0 bridgehead atoms. The Morgan fingerprint density at radius 2 is 1.97 bits per heavy atom. The van der Waals surface area contributed by atoms with Gasteiger partial charge >= 0.3 is 0 Å². The molecule has 0 unspecified atom stereocenters. The molecule has 0 spiro atoms. The smallest absolute Gasteiger partial charge is 0.253 e. The van der Waals surface area contributed by atoms with Gasteiger partial charge in [0.1, 0.15) is 0 Å². The first-order valence-electron chi connectivity index (χ1n) is 12.7. The second-order valence-corrected chi connectivity index (χ2v) is 9.92. The van der Waals surface area contributed by atoms with E-state index in [1.165, 1.54) is 0 Å². The summed E-state index contributed by atoms with van der Waals surface area (Å²) < 4.78 is 7.49. The summed E-state index contributed by atoms with van der Waals surface area (Å²) in [6.45, 7) is 8.54. The van der Waals surface area contributed by atoms with Crippen molar-refractivity contribution in [3.8, 4) is 0 Å². The van der Waals surface area contributed by atoms with Crippen LogP contribution in [0.15, 0.2) is 23.1 Å². The molecule has 8 nitrogen and oxygen atoms in total. The largest absolute Gasteiger partial charge is 0.381 e. The van der Waals surface area contributed by atoms with E-state index in [0.29, 0.717) is 23.1 Å². The molecule has 0 atom stereocenters. The summed E-state index contributed by atoms with van der Waals surface area (Å²) in [6.07, 6.45) is 6.06. The van der Waals surface area contributed by atoms with Gasteiger partial charge in [0, 0.05) is 61.6 Å². The summed E-state index contributed by atoms with van der Waals surface area (Å²) in [5, 5.41) is 8.71. The minimum absolute atomic E-state index is 0.140. The van der Waals surface area contributed by atoms with Crippen molar-refractivity contribution >= 4 is 22.5 Å². The molecule has 1 aromatic carbocycles. The summed E-state index contributed by atoms with van der Waals surface area (Å²) in [5.74, 6) is 0.229. The Morgan fingerprint density at radius 1 is 1.23 bits per heavy atom. The number of carbonyl (C=O) groups excluding carboxylic acids is 1. The lowest BCUT2D eigenvalue weighted by molar-refractivity contribution is 0.0846. The highest BCUT2D eigenvalue weighted by Gasteiger charge is 2.36. The van der Waals surface area contributed by atoms with Crippen molar-refractivity contribution < 1.29 is 9.53 Å². The number of anilines is 1. The second kappa shape index (κ2) is 9.49. The number of nitrogens with zero attached hydrogens (tertiary/aromatic N) is 3. The van der Waals surface area contributed by atoms with Crippen LogP contribution in [0.4, 0.5) is 5.69 Å². The molecule has 0 radical (unpaired) electrons. The number of fused-ring (bicyclic) bond motifs is 1. The Hall–Kier alpha value is -3.13. The van der Waals surface area contributed by atoms with Crippen LogP contribution in [0.25, 0.3) is 10.9 Å². The Morgan fingerprint density at radius 3 is 2.63 bits per heavy atom. The van der Waals surface area contributed by atoms with E-state index in [1.54, 1.807) is 0 Å². The van der Waals surface area contributed by atoms with Crippen molar-refractivity contribution in [1.29, 1.82) is 0 Å². The van der Waals surface area contributed by atoms with E-state index < -0.39 is 0 Å². The van der Waals surface area contributed by atoms with Crippen molar-refractivity contribution in [3.63, 3.8) is 0 Å². The van der Waals surface area contributed by atoms with Crippen molar-refractivity contribution in [3.05, 3.63) is 56.6 Å². The number of rotatable bonds is 7. The minimum atomic E-state index is -0.148. The molecule has 2 aromatic heterocycles. The number of ether oxygens (including phenoxy) is 1. The van der Waals surface area contributed by atoms with Gasteiger partial charge in [0.05, 0.1) is 17.4 Å². The van der Waals surface area contributed by atoms with Crippen LogP contribution in [-0.2, 0) is 18.3 Å². The van der Waals surface area contributed by atoms with Gasteiger partial charge in [-0.15, -0.1) is 0 Å². The van der Waals surface area contributed by atoms with Gasteiger partial charge in [-0.05, 0) is 75.6 Å². The van der Waals surface area contributed by atoms with Crippen molar-refractivity contribution in [2.24, 2.45) is 7.05 Å². The van der Waals surface area contributed by atoms with E-state index >= 15 is 0 Å². The number of aryl methyl sites for hydroxylation is 3. The summed E-state index contributed by atoms with van der Waals surface area (Å²) in [6, 6.07) is 4.30. The van der Waals surface area contributed by atoms with Crippen LogP contribution in [0.5, 0.6) is 0 Å². The molecule has 35 heavy (non-hydrogen) atoms. The summed E-state index contributed by atoms with van der Waals surface area (Å²) in [4.78, 5) is 31.5. The third-order valence-corrected chi connectivity index (χ3v) is 7.48. The van der Waals surface area contributed by atoms with Gasteiger partial charge in [0.15, 0.2) is 0 Å². The Labute approximate surface area is 205 Å². The number of nitrogens with one attached hydrogen (secondary N) is 2. The summed E-state index contributed by atoms with van der Waals surface area (Å²) in [5.41, 5.74) is 6.08. The van der Waals surface area contributed by atoms with Crippen LogP contribution in [0.2, 0.25) is 0 Å². The number of amides is 1. The van der Waals surface area contributed by atoms with Gasteiger partial charge < -0.3 is 19.9 Å². The van der Waals surface area contributed by atoms with E-state index in [-0.39, 0.29) is 18.0 Å². The Kier molecular flexibility index (Phi) is 6.40. The zero-order valence-corrected chi connectivity index (χ0v) is 21.1. The number of hydrogen-bond donors (Lipinski definition) is 2. The quantitative estimate of drug-likeness (QED) is 0.542. The summed E-state index contributed by atoms with van der Waals surface area (Å²) in [7, 11) is 1.92. The molecular formula is C27H35N5O3. The van der Waals surface area contributed by atoms with Crippen LogP contribution in [-0.4, -0.2) is 46.5 Å². The average Bonchev–Trinajstić information content (AvgIpc) is 3.61. The predicted octanol–water partition coefficient (Wildman–Crippen LogP) is 3.69. The number of carbonyl (C=O) groups is 1. The second-order valence-electron chi connectivity index (χ2n) is 9.92. The van der Waals surface area contributed by atoms with Crippen LogP contribution >= 0.6 is 0 Å². The highest BCUT2D eigenvalue weighted by atomic mass is 16.5. The Balaban J connectivity index is 1.58. The molecule has 3 aromatic rings. The van der Waals surface area contributed by atoms with Gasteiger partial charge in [-0.2, -0.15) is 5.10 Å². The van der Waals surface area contributed by atoms with Gasteiger partial charge in [-0.25, -0.2) is 0 Å². The fraction of sp³-hybridized carbons (Fsp3) is 0.519. The molecule has 2 N–H and O–H groups in total. The van der Waals surface area contributed by atoms with Crippen molar-refractivity contribution in [1.82, 2.24) is 20.1 Å². The van der Waals surface area contributed by atoms with E-state index in [0.717, 1.165) is 78.9 Å². The first-order valence-corrected chi connectivity index (χ1v) is 12.7. The lowest BCUT2D eigenvalue weighted by Crippen LogP contribution is -2.40. The zero-order chi connectivity index (χ0) is 24.7. The fourth-order valence-electron chi connectivity index (χ4n) is 5.53. The highest BCUT2D eigenvalue weighted by molar-refractivity contribution is 6.05. The maximum Gasteiger partial charge on any atom is 0.253 e. The molecule has 1 saturated carbocycles. The average molecular weight is 478 g/mol. The molecule has 8 heteroatoms. The van der Waals surface area contributed by atoms with Crippen molar-refractivity contribution in [2.75, 3.05) is 24.7 Å². The molecule has 1 saturated heterocycles. The van der Waals surface area contributed by atoms with Crippen LogP contribution in [0.1, 0.15) is 71.3 Å². The lowest BCUT2D eigenvalue weighted by atomic mass is 9.94. The monoisotopic (exact) mass is 477 g/mol. The molecule has 2 aliphatic rings. The third-order valence-electron chi connectivity index (χ3n) is 7.48. The van der Waals surface area contributed by atoms with Gasteiger partial charge in [-0.1, -0.05) is 0 Å². The number of benzene rings is 1. The highest BCUT2D eigenvalue weighted by Crippen LogP contribution is 2.49. The summed E-state index contributed by atoms with van der Waals surface area (Å²) >= 11 is 0. The standard InChI is InChI=1S/C27H35N5O3/c1-5-32(19-8-10-35-11-9-19)25-22-15-29-31(4)23(22)13-20(24(25)18-6-7-18)26(33)28-14-21-16(2)12-17(3)30-27(21)34/h12-13,15,18-19H,5-11,14H2,1-4H3,(H,28,33)(H,30,34). The van der Waals surface area contributed by atoms with Crippen LogP contribution < -0.4 is 15.8 Å². The number of aromatic amines is 1. The lowest BCUT2D eigenvalue weighted by Gasteiger charge is -2.37. The normalized spacial score (nSPS) is 16.6. The van der Waals surface area contributed by atoms with E-state index in [1.807, 2.05) is 43.9 Å². The molecule has 1 aliphatic carbocycles. The maximum atomic E-state index is 13.7. The van der Waals surface area contributed by atoms with E-state index in [9.17, 15) is 9.59 Å². The fourth-order valence-corrected chi connectivity index (χ4v) is 5.53. The molecule has 2 fully saturated rings. The predicted molar refractivity (Wildman–Crippen MR) is 137 cm³/mol. The number of aromatic nitrogens is 3.